The fourth-order valence-electron chi connectivity index (χ4n) is 1.86. The molecule has 1 heterocycles. The lowest BCUT2D eigenvalue weighted by molar-refractivity contribution is -0.123. The van der Waals surface area contributed by atoms with E-state index in [0.29, 0.717) is 6.54 Å². The third-order valence-electron chi connectivity index (χ3n) is 2.86. The van der Waals surface area contributed by atoms with Gasteiger partial charge in [0.15, 0.2) is 0 Å². The van der Waals surface area contributed by atoms with Crippen LogP contribution in [0.1, 0.15) is 33.6 Å². The molecule has 5 heteroatoms. The topological polar surface area (TPSA) is 72.6 Å². The smallest absolute Gasteiger partial charge is 0.410 e. The predicted octanol–water partition coefficient (Wildman–Crippen LogP) is 1.12. The molecular weight excluding hydrogens is 208 g/mol. The van der Waals surface area contributed by atoms with Crippen LogP contribution in [0.25, 0.3) is 0 Å². The van der Waals surface area contributed by atoms with Crippen molar-refractivity contribution < 1.29 is 14.3 Å². The number of hydrogen-bond acceptors (Lipinski definition) is 3. The number of piperidine rings is 1. The van der Waals surface area contributed by atoms with Crippen molar-refractivity contribution in [3.63, 3.8) is 0 Å². The van der Waals surface area contributed by atoms with Crippen molar-refractivity contribution in [1.29, 1.82) is 0 Å². The molecule has 1 rings (SSSR count). The van der Waals surface area contributed by atoms with Gasteiger partial charge in [-0.1, -0.05) is 0 Å². The monoisotopic (exact) mass is 228 g/mol. The van der Waals surface area contributed by atoms with E-state index in [1.807, 2.05) is 6.92 Å². The standard InChI is InChI=1S/C11H20N2O3/c1-7(2)16-11(15)13-6-9(10(12)14)5-4-8(13)3/h7-9H,4-6H2,1-3H3,(H2,12,14). The minimum absolute atomic E-state index is 0.113. The minimum Gasteiger partial charge on any atom is -0.447 e. The van der Waals surface area contributed by atoms with E-state index in [9.17, 15) is 9.59 Å². The molecular formula is C11H20N2O3. The first kappa shape index (κ1) is 12.8. The summed E-state index contributed by atoms with van der Waals surface area (Å²) in [4.78, 5) is 24.4. The number of carbonyl (C=O) groups excluding carboxylic acids is 2. The molecule has 0 aromatic rings. The van der Waals surface area contributed by atoms with Crippen LogP contribution in [0, 0.1) is 5.92 Å². The summed E-state index contributed by atoms with van der Waals surface area (Å²) in [7, 11) is 0. The van der Waals surface area contributed by atoms with Gasteiger partial charge in [0.25, 0.3) is 0 Å². The molecule has 1 aliphatic rings. The van der Waals surface area contributed by atoms with Gasteiger partial charge in [-0.2, -0.15) is 0 Å². The summed E-state index contributed by atoms with van der Waals surface area (Å²) in [6.45, 7) is 5.94. The van der Waals surface area contributed by atoms with Gasteiger partial charge in [-0.05, 0) is 33.6 Å². The summed E-state index contributed by atoms with van der Waals surface area (Å²) < 4.78 is 5.12. The first-order valence-corrected chi connectivity index (χ1v) is 5.68. The van der Waals surface area contributed by atoms with Gasteiger partial charge in [-0.15, -0.1) is 0 Å². The van der Waals surface area contributed by atoms with Gasteiger partial charge < -0.3 is 15.4 Å². The number of nitrogens with two attached hydrogens (primary N) is 1. The zero-order valence-electron chi connectivity index (χ0n) is 10.1. The van der Waals surface area contributed by atoms with E-state index in [0.717, 1.165) is 12.8 Å². The van der Waals surface area contributed by atoms with Crippen molar-refractivity contribution in [3.8, 4) is 0 Å². The third kappa shape index (κ3) is 3.12. The van der Waals surface area contributed by atoms with Crippen molar-refractivity contribution in [3.05, 3.63) is 0 Å². The van der Waals surface area contributed by atoms with Gasteiger partial charge in [-0.3, -0.25) is 4.79 Å². The molecule has 1 saturated heterocycles. The van der Waals surface area contributed by atoms with Crippen LogP contribution in [0.3, 0.4) is 0 Å². The van der Waals surface area contributed by atoms with Gasteiger partial charge in [0.2, 0.25) is 5.91 Å². The SMILES string of the molecule is CC(C)OC(=O)N1CC(C(N)=O)CCC1C. The van der Waals surface area contributed by atoms with E-state index >= 15 is 0 Å². The molecule has 0 aromatic heterocycles. The predicted molar refractivity (Wildman–Crippen MR) is 59.7 cm³/mol. The Morgan fingerprint density at radius 1 is 1.38 bits per heavy atom. The minimum atomic E-state index is -0.353. The lowest BCUT2D eigenvalue weighted by Crippen LogP contribution is -2.49. The summed E-state index contributed by atoms with van der Waals surface area (Å²) in [6.07, 6.45) is 1.05. The van der Waals surface area contributed by atoms with E-state index in [1.165, 1.54) is 0 Å². The molecule has 0 spiro atoms. The summed E-state index contributed by atoms with van der Waals surface area (Å²) in [5.74, 6) is -0.579. The summed E-state index contributed by atoms with van der Waals surface area (Å²) in [6, 6.07) is 0.113. The molecule has 2 amide bonds. The lowest BCUT2D eigenvalue weighted by Gasteiger charge is -2.36. The largest absolute Gasteiger partial charge is 0.447 e. The van der Waals surface area contributed by atoms with Crippen LogP contribution in [0.4, 0.5) is 4.79 Å². The van der Waals surface area contributed by atoms with Gasteiger partial charge in [-0.25, -0.2) is 4.79 Å². The van der Waals surface area contributed by atoms with Crippen molar-refractivity contribution in [2.75, 3.05) is 6.54 Å². The van der Waals surface area contributed by atoms with Crippen LogP contribution < -0.4 is 5.73 Å². The van der Waals surface area contributed by atoms with E-state index in [2.05, 4.69) is 0 Å². The van der Waals surface area contributed by atoms with Crippen LogP contribution in [-0.4, -0.2) is 35.6 Å². The van der Waals surface area contributed by atoms with E-state index < -0.39 is 0 Å². The van der Waals surface area contributed by atoms with Gasteiger partial charge in [0.05, 0.1) is 12.0 Å². The summed E-state index contributed by atoms with van der Waals surface area (Å²) in [5, 5.41) is 0. The first-order valence-electron chi connectivity index (χ1n) is 5.68. The Hall–Kier alpha value is -1.26. The molecule has 92 valence electrons. The molecule has 2 atom stereocenters. The molecule has 2 N–H and O–H groups in total. The highest BCUT2D eigenvalue weighted by molar-refractivity contribution is 5.78. The number of rotatable bonds is 2. The molecule has 0 aliphatic carbocycles. The maximum absolute atomic E-state index is 11.7. The fraction of sp³-hybridized carbons (Fsp3) is 0.818. The Labute approximate surface area is 95.9 Å². The number of primary amides is 1. The van der Waals surface area contributed by atoms with Crippen molar-refractivity contribution >= 4 is 12.0 Å². The molecule has 5 nitrogen and oxygen atoms in total. The highest BCUT2D eigenvalue weighted by atomic mass is 16.6. The number of nitrogens with zero attached hydrogens (tertiary/aromatic N) is 1. The van der Waals surface area contributed by atoms with Crippen LogP contribution >= 0.6 is 0 Å². The number of likely N-dealkylation sites (tertiary alicyclic amines) is 1. The highest BCUT2D eigenvalue weighted by Crippen LogP contribution is 2.22. The average molecular weight is 228 g/mol. The van der Waals surface area contributed by atoms with E-state index in [-0.39, 0.29) is 30.1 Å². The van der Waals surface area contributed by atoms with Crippen molar-refractivity contribution in [1.82, 2.24) is 4.90 Å². The van der Waals surface area contributed by atoms with Gasteiger partial charge in [0, 0.05) is 12.6 Å². The number of ether oxygens (including phenoxy) is 1. The fourth-order valence-corrected chi connectivity index (χ4v) is 1.86. The van der Waals surface area contributed by atoms with Crippen LogP contribution in [0.2, 0.25) is 0 Å². The molecule has 0 radical (unpaired) electrons. The van der Waals surface area contributed by atoms with Gasteiger partial charge >= 0.3 is 6.09 Å². The summed E-state index contributed by atoms with van der Waals surface area (Å²) in [5.41, 5.74) is 5.26. The number of carbonyl (C=O) groups is 2. The van der Waals surface area contributed by atoms with Gasteiger partial charge in [0.1, 0.15) is 0 Å². The van der Waals surface area contributed by atoms with Crippen molar-refractivity contribution in [2.45, 2.75) is 45.8 Å². The summed E-state index contributed by atoms with van der Waals surface area (Å²) >= 11 is 0. The second-order valence-corrected chi connectivity index (χ2v) is 4.61. The Morgan fingerprint density at radius 3 is 2.50 bits per heavy atom. The zero-order valence-corrected chi connectivity index (χ0v) is 10.1. The first-order chi connectivity index (χ1) is 7.41. The number of amides is 2. The molecule has 0 saturated carbocycles. The third-order valence-corrected chi connectivity index (χ3v) is 2.86. The van der Waals surface area contributed by atoms with Crippen LogP contribution in [-0.2, 0) is 9.53 Å². The van der Waals surface area contributed by atoms with E-state index in [4.69, 9.17) is 10.5 Å². The van der Waals surface area contributed by atoms with E-state index in [1.54, 1.807) is 18.7 Å². The maximum Gasteiger partial charge on any atom is 0.410 e. The molecule has 0 bridgehead atoms. The maximum atomic E-state index is 11.7. The number of hydrogen-bond donors (Lipinski definition) is 1. The molecule has 16 heavy (non-hydrogen) atoms. The second-order valence-electron chi connectivity index (χ2n) is 4.61. The molecule has 1 aliphatic heterocycles. The van der Waals surface area contributed by atoms with Crippen molar-refractivity contribution in [2.24, 2.45) is 11.7 Å². The second kappa shape index (κ2) is 5.18. The van der Waals surface area contributed by atoms with Crippen LogP contribution in [0.5, 0.6) is 0 Å². The Balaban J connectivity index is 2.62. The molecule has 2 unspecified atom stereocenters. The Morgan fingerprint density at radius 2 is 2.00 bits per heavy atom. The zero-order chi connectivity index (χ0) is 12.3. The quantitative estimate of drug-likeness (QED) is 0.769. The van der Waals surface area contributed by atoms with Crippen LogP contribution in [0.15, 0.2) is 0 Å². The normalized spacial score (nSPS) is 25.6. The molecule has 1 fully saturated rings. The highest BCUT2D eigenvalue weighted by Gasteiger charge is 2.32. The Kier molecular flexibility index (Phi) is 4.15. The molecule has 0 aromatic carbocycles. The average Bonchev–Trinajstić information content (AvgIpc) is 2.16. The lowest BCUT2D eigenvalue weighted by atomic mass is 9.93. The Bertz CT molecular complexity index is 278.